The minimum absolute atomic E-state index is 0.0165. The van der Waals surface area contributed by atoms with Crippen molar-refractivity contribution in [3.05, 3.63) is 101 Å². The van der Waals surface area contributed by atoms with Gasteiger partial charge in [0, 0.05) is 47.9 Å². The van der Waals surface area contributed by atoms with E-state index in [1.54, 1.807) is 30.0 Å². The number of halogens is 3. The van der Waals surface area contributed by atoms with Gasteiger partial charge in [-0.05, 0) is 79.8 Å². The van der Waals surface area contributed by atoms with Crippen LogP contribution < -0.4 is 16.4 Å². The second kappa shape index (κ2) is 15.9. The predicted octanol–water partition coefficient (Wildman–Crippen LogP) is 5.70. The van der Waals surface area contributed by atoms with Crippen molar-refractivity contribution in [3.8, 4) is 0 Å². The monoisotopic (exact) mass is 596 g/mol. The third-order valence-corrected chi connectivity index (χ3v) is 7.14. The fraction of sp³-hybridized carbons (Fsp3) is 0.364. The number of anilines is 1. The van der Waals surface area contributed by atoms with Gasteiger partial charge in [-0.1, -0.05) is 39.0 Å². The third kappa shape index (κ3) is 9.41. The number of benzene rings is 3. The molecule has 230 valence electrons. The highest BCUT2D eigenvalue weighted by Gasteiger charge is 2.27. The molecule has 0 spiro atoms. The van der Waals surface area contributed by atoms with Crippen molar-refractivity contribution in [3.63, 3.8) is 0 Å². The van der Waals surface area contributed by atoms with E-state index < -0.39 is 41.4 Å². The second-order valence-electron chi connectivity index (χ2n) is 10.7. The van der Waals surface area contributed by atoms with Crippen LogP contribution in [0.5, 0.6) is 0 Å². The van der Waals surface area contributed by atoms with Gasteiger partial charge in [-0.3, -0.25) is 14.4 Å². The van der Waals surface area contributed by atoms with E-state index in [0.717, 1.165) is 18.9 Å². The van der Waals surface area contributed by atoms with E-state index in [9.17, 15) is 27.6 Å². The molecule has 0 saturated carbocycles. The van der Waals surface area contributed by atoms with Crippen molar-refractivity contribution in [1.82, 2.24) is 10.2 Å². The fourth-order valence-electron chi connectivity index (χ4n) is 4.81. The normalized spacial score (nSPS) is 13.1. The summed E-state index contributed by atoms with van der Waals surface area (Å²) < 4.78 is 41.9. The standard InChI is InChI=1S/C33H39F3N4O3/c1-4-16-40(17-5-2)33(43)24-10-6-9-23(19-24)32(42)39-29(20-22-8-7-11-27(35)30(22)36)28(37)18-21(3)31(41)38-26-14-12-25(34)13-15-26/h6-15,19,21,28-29H,4-5,16-18,20,37H2,1-3H3,(H,38,41)(H,39,42)/t21-,28+,29+/m1/s1. The van der Waals surface area contributed by atoms with Gasteiger partial charge < -0.3 is 21.3 Å². The van der Waals surface area contributed by atoms with Gasteiger partial charge >= 0.3 is 0 Å². The Morgan fingerprint density at radius 2 is 1.51 bits per heavy atom. The van der Waals surface area contributed by atoms with Crippen LogP contribution in [0.1, 0.15) is 66.3 Å². The molecular formula is C33H39F3N4O3. The van der Waals surface area contributed by atoms with Crippen molar-refractivity contribution in [2.45, 2.75) is 58.5 Å². The highest BCUT2D eigenvalue weighted by molar-refractivity contribution is 6.00. The summed E-state index contributed by atoms with van der Waals surface area (Å²) in [6.45, 7) is 6.79. The molecule has 43 heavy (non-hydrogen) atoms. The fourth-order valence-corrected chi connectivity index (χ4v) is 4.81. The van der Waals surface area contributed by atoms with Gasteiger partial charge in [-0.25, -0.2) is 13.2 Å². The van der Waals surface area contributed by atoms with Crippen LogP contribution in [0.2, 0.25) is 0 Å². The molecule has 0 bridgehead atoms. The SMILES string of the molecule is CCCN(CCC)C(=O)c1cccc(C(=O)N[C@@H](Cc2cccc(F)c2F)[C@@H](N)C[C@@H](C)C(=O)Nc2ccc(F)cc2)c1. The lowest BCUT2D eigenvalue weighted by Gasteiger charge is -2.27. The lowest BCUT2D eigenvalue weighted by Crippen LogP contribution is -2.50. The molecule has 0 radical (unpaired) electrons. The molecule has 0 fully saturated rings. The quantitative estimate of drug-likeness (QED) is 0.222. The molecule has 3 aromatic carbocycles. The number of nitrogens with zero attached hydrogens (tertiary/aromatic N) is 1. The Labute approximate surface area is 250 Å². The van der Waals surface area contributed by atoms with Crippen molar-refractivity contribution < 1.29 is 27.6 Å². The summed E-state index contributed by atoms with van der Waals surface area (Å²) in [7, 11) is 0. The van der Waals surface area contributed by atoms with Crippen LogP contribution in [-0.2, 0) is 11.2 Å². The van der Waals surface area contributed by atoms with E-state index in [4.69, 9.17) is 5.73 Å². The van der Waals surface area contributed by atoms with Crippen LogP contribution in [0.4, 0.5) is 18.9 Å². The van der Waals surface area contributed by atoms with Crippen molar-refractivity contribution >= 4 is 23.4 Å². The Hall–Kier alpha value is -4.18. The third-order valence-electron chi connectivity index (χ3n) is 7.14. The van der Waals surface area contributed by atoms with Crippen LogP contribution in [-0.4, -0.2) is 47.8 Å². The molecule has 7 nitrogen and oxygen atoms in total. The summed E-state index contributed by atoms with van der Waals surface area (Å²) in [5, 5.41) is 5.52. The molecular weight excluding hydrogens is 557 g/mol. The van der Waals surface area contributed by atoms with E-state index in [-0.39, 0.29) is 35.8 Å². The van der Waals surface area contributed by atoms with E-state index in [1.807, 2.05) is 13.8 Å². The molecule has 3 rings (SSSR count). The maximum atomic E-state index is 14.6. The van der Waals surface area contributed by atoms with Gasteiger partial charge in [0.05, 0.1) is 0 Å². The zero-order valence-electron chi connectivity index (χ0n) is 24.7. The van der Waals surface area contributed by atoms with Crippen LogP contribution in [0, 0.1) is 23.4 Å². The summed E-state index contributed by atoms with van der Waals surface area (Å²) in [5.41, 5.74) is 7.48. The van der Waals surface area contributed by atoms with Gasteiger partial charge in [0.25, 0.3) is 11.8 Å². The maximum Gasteiger partial charge on any atom is 0.253 e. The summed E-state index contributed by atoms with van der Waals surface area (Å²) in [4.78, 5) is 41.1. The molecule has 0 aromatic heterocycles. The number of hydrogen-bond donors (Lipinski definition) is 3. The van der Waals surface area contributed by atoms with Crippen LogP contribution >= 0.6 is 0 Å². The summed E-state index contributed by atoms with van der Waals surface area (Å²) in [5.74, 6) is -4.26. The van der Waals surface area contributed by atoms with E-state index in [0.29, 0.717) is 24.3 Å². The number of rotatable bonds is 14. The number of carbonyl (C=O) groups is 3. The highest BCUT2D eigenvalue weighted by Crippen LogP contribution is 2.19. The topological polar surface area (TPSA) is 105 Å². The Kier molecular flexibility index (Phi) is 12.3. The lowest BCUT2D eigenvalue weighted by molar-refractivity contribution is -0.119. The van der Waals surface area contributed by atoms with Gasteiger partial charge in [-0.2, -0.15) is 0 Å². The first kappa shape index (κ1) is 33.3. The Morgan fingerprint density at radius 3 is 2.16 bits per heavy atom. The van der Waals surface area contributed by atoms with Gasteiger partial charge in [0.2, 0.25) is 5.91 Å². The minimum atomic E-state index is -1.05. The molecule has 4 N–H and O–H groups in total. The first-order chi connectivity index (χ1) is 20.5. The smallest absolute Gasteiger partial charge is 0.253 e. The largest absolute Gasteiger partial charge is 0.347 e. The molecule has 3 aromatic rings. The number of nitrogens with two attached hydrogens (primary N) is 1. The highest BCUT2D eigenvalue weighted by atomic mass is 19.2. The predicted molar refractivity (Wildman–Crippen MR) is 161 cm³/mol. The number of hydrogen-bond acceptors (Lipinski definition) is 4. The minimum Gasteiger partial charge on any atom is -0.347 e. The lowest BCUT2D eigenvalue weighted by atomic mass is 9.91. The Balaban J connectivity index is 1.80. The first-order valence-electron chi connectivity index (χ1n) is 14.5. The van der Waals surface area contributed by atoms with Crippen molar-refractivity contribution in [2.24, 2.45) is 11.7 Å². The molecule has 0 aliphatic rings. The van der Waals surface area contributed by atoms with Crippen molar-refractivity contribution in [1.29, 1.82) is 0 Å². The zero-order chi connectivity index (χ0) is 31.5. The van der Waals surface area contributed by atoms with Gasteiger partial charge in [0.1, 0.15) is 5.82 Å². The average molecular weight is 597 g/mol. The molecule has 0 unspecified atom stereocenters. The molecule has 0 aliphatic carbocycles. The Bertz CT molecular complexity index is 1390. The molecule has 0 saturated heterocycles. The second-order valence-corrected chi connectivity index (χ2v) is 10.7. The van der Waals surface area contributed by atoms with Crippen molar-refractivity contribution in [2.75, 3.05) is 18.4 Å². The van der Waals surface area contributed by atoms with Gasteiger partial charge in [-0.15, -0.1) is 0 Å². The molecule has 3 amide bonds. The molecule has 10 heteroatoms. The first-order valence-corrected chi connectivity index (χ1v) is 14.5. The summed E-state index contributed by atoms with van der Waals surface area (Å²) >= 11 is 0. The van der Waals surface area contributed by atoms with Crippen LogP contribution in [0.3, 0.4) is 0 Å². The number of amides is 3. The number of nitrogens with one attached hydrogen (secondary N) is 2. The van der Waals surface area contributed by atoms with E-state index in [1.165, 1.54) is 42.5 Å². The number of carbonyl (C=O) groups excluding carboxylic acids is 3. The zero-order valence-corrected chi connectivity index (χ0v) is 24.7. The van der Waals surface area contributed by atoms with Crippen LogP contribution in [0.15, 0.2) is 66.7 Å². The average Bonchev–Trinajstić information content (AvgIpc) is 2.99. The summed E-state index contributed by atoms with van der Waals surface area (Å²) in [6.07, 6.45) is 1.55. The summed E-state index contributed by atoms with van der Waals surface area (Å²) in [6, 6.07) is 13.7. The molecule has 3 atom stereocenters. The van der Waals surface area contributed by atoms with Gasteiger partial charge in [0.15, 0.2) is 11.6 Å². The Morgan fingerprint density at radius 1 is 0.884 bits per heavy atom. The molecule has 0 aliphatic heterocycles. The van der Waals surface area contributed by atoms with Crippen LogP contribution in [0.25, 0.3) is 0 Å². The van der Waals surface area contributed by atoms with E-state index in [2.05, 4.69) is 10.6 Å². The maximum absolute atomic E-state index is 14.6. The molecule has 0 heterocycles. The van der Waals surface area contributed by atoms with E-state index >= 15 is 0 Å².